The lowest BCUT2D eigenvalue weighted by Crippen LogP contribution is -2.57. The number of carbonyl (C=O) groups is 1. The smallest absolute Gasteiger partial charge is 0.416 e. The fourth-order valence-corrected chi connectivity index (χ4v) is 6.59. The Morgan fingerprint density at radius 3 is 2.60 bits per heavy atom. The van der Waals surface area contributed by atoms with Crippen molar-refractivity contribution < 1.29 is 27.1 Å². The van der Waals surface area contributed by atoms with Crippen LogP contribution in [0.4, 0.5) is 29.1 Å². The second-order valence-electron chi connectivity index (χ2n) is 12.8. The third kappa shape index (κ3) is 6.85. The monoisotopic (exact) mass is 629 g/mol. The first-order chi connectivity index (χ1) is 21.2. The average Bonchev–Trinajstić information content (AvgIpc) is 3.73. The summed E-state index contributed by atoms with van der Waals surface area (Å²) in [4.78, 5) is 33.0. The highest BCUT2D eigenvalue weighted by atomic mass is 19.4. The molecule has 0 bridgehead atoms. The Balaban J connectivity index is 1.51. The van der Waals surface area contributed by atoms with Gasteiger partial charge in [0.1, 0.15) is 11.9 Å². The predicted molar refractivity (Wildman–Crippen MR) is 163 cm³/mol. The molecule has 0 N–H and O–H groups in total. The predicted octanol–water partition coefficient (Wildman–Crippen LogP) is 4.90. The van der Waals surface area contributed by atoms with Gasteiger partial charge in [-0.2, -0.15) is 23.1 Å². The van der Waals surface area contributed by atoms with Gasteiger partial charge in [-0.3, -0.25) is 4.79 Å². The zero-order chi connectivity index (χ0) is 32.7. The number of hydrogen-bond acceptors (Lipinski definition) is 7. The number of hydrogen-bond donors (Lipinski definition) is 0. The van der Waals surface area contributed by atoms with E-state index in [0.717, 1.165) is 31.0 Å². The van der Waals surface area contributed by atoms with Crippen molar-refractivity contribution in [1.29, 1.82) is 0 Å². The Morgan fingerprint density at radius 1 is 1.24 bits per heavy atom. The lowest BCUT2D eigenvalue weighted by molar-refractivity contribution is -0.138. The first-order valence-corrected chi connectivity index (χ1v) is 15.1. The van der Waals surface area contributed by atoms with Gasteiger partial charge in [0.25, 0.3) is 5.91 Å². The standard InChI is InChI=1S/C32H39F4N7O2/c1-20-14-24-26(17-43(20)27-9-7-8-25(21(27)2)32(34,35)36)38-30(45-19-31(10-11-31)18-40(5)6)39-28(24)41-12-13-42(29(44)22(3)33)23(16-41)15-37-4/h7-9,20,23H,3,10-19H2,1-2,5-6H3/t20?,23-/m0/s1. The Labute approximate surface area is 261 Å². The van der Waals surface area contributed by atoms with E-state index >= 15 is 0 Å². The number of anilines is 2. The fourth-order valence-electron chi connectivity index (χ4n) is 6.59. The molecular weight excluding hydrogens is 590 g/mol. The van der Waals surface area contributed by atoms with Gasteiger partial charge in [0, 0.05) is 48.9 Å². The van der Waals surface area contributed by atoms with Crippen molar-refractivity contribution in [2.75, 3.05) is 63.2 Å². The van der Waals surface area contributed by atoms with Crippen LogP contribution in [0.15, 0.2) is 30.6 Å². The van der Waals surface area contributed by atoms with Gasteiger partial charge in [-0.15, -0.1) is 0 Å². The third-order valence-corrected chi connectivity index (χ3v) is 9.02. The quantitative estimate of drug-likeness (QED) is 0.222. The lowest BCUT2D eigenvalue weighted by Gasteiger charge is -2.42. The van der Waals surface area contributed by atoms with Gasteiger partial charge < -0.3 is 29.2 Å². The van der Waals surface area contributed by atoms with Crippen LogP contribution in [0.3, 0.4) is 0 Å². The van der Waals surface area contributed by atoms with Gasteiger partial charge in [-0.05, 0) is 64.9 Å². The van der Waals surface area contributed by atoms with E-state index in [1.165, 1.54) is 17.9 Å². The second-order valence-corrected chi connectivity index (χ2v) is 12.8. The summed E-state index contributed by atoms with van der Waals surface area (Å²) in [7, 11) is 4.03. The summed E-state index contributed by atoms with van der Waals surface area (Å²) in [6.07, 6.45) is -1.97. The average molecular weight is 630 g/mol. The molecule has 2 fully saturated rings. The molecule has 3 heterocycles. The number of aromatic nitrogens is 2. The molecular formula is C32H39F4N7O2. The maximum Gasteiger partial charge on any atom is 0.416 e. The minimum absolute atomic E-state index is 0.0140. The van der Waals surface area contributed by atoms with Crippen LogP contribution in [0.5, 0.6) is 6.01 Å². The molecule has 3 aliphatic rings. The lowest BCUT2D eigenvalue weighted by atomic mass is 9.95. The highest BCUT2D eigenvalue weighted by Crippen LogP contribution is 2.46. The van der Waals surface area contributed by atoms with E-state index in [0.29, 0.717) is 36.8 Å². The van der Waals surface area contributed by atoms with Crippen molar-refractivity contribution in [3.63, 3.8) is 0 Å². The number of rotatable bonds is 9. The molecule has 45 heavy (non-hydrogen) atoms. The van der Waals surface area contributed by atoms with Gasteiger partial charge in [0.15, 0.2) is 5.83 Å². The van der Waals surface area contributed by atoms with Gasteiger partial charge in [0.2, 0.25) is 6.54 Å². The van der Waals surface area contributed by atoms with E-state index < -0.39 is 29.5 Å². The van der Waals surface area contributed by atoms with Crippen LogP contribution in [0, 0.1) is 18.9 Å². The van der Waals surface area contributed by atoms with Gasteiger partial charge in [-0.25, -0.2) is 11.0 Å². The van der Waals surface area contributed by atoms with Crippen molar-refractivity contribution in [3.05, 3.63) is 64.4 Å². The van der Waals surface area contributed by atoms with Gasteiger partial charge in [0.05, 0.1) is 24.4 Å². The Kier molecular flexibility index (Phi) is 8.99. The van der Waals surface area contributed by atoms with Crippen LogP contribution in [0.25, 0.3) is 4.85 Å². The number of piperazine rings is 1. The van der Waals surface area contributed by atoms with Crippen LogP contribution in [0.1, 0.15) is 42.1 Å². The van der Waals surface area contributed by atoms with E-state index in [-0.39, 0.29) is 49.2 Å². The maximum absolute atomic E-state index is 13.8. The Bertz CT molecular complexity index is 1500. The van der Waals surface area contributed by atoms with Crippen LogP contribution < -0.4 is 14.5 Å². The molecule has 1 aliphatic carbocycles. The largest absolute Gasteiger partial charge is 0.463 e. The summed E-state index contributed by atoms with van der Waals surface area (Å²) in [6.45, 7) is 16.3. The topological polar surface area (TPSA) is 69.4 Å². The van der Waals surface area contributed by atoms with E-state index in [1.54, 1.807) is 6.07 Å². The fraction of sp³-hybridized carbons (Fsp3) is 0.562. The first-order valence-electron chi connectivity index (χ1n) is 15.1. The highest BCUT2D eigenvalue weighted by molar-refractivity contribution is 5.91. The molecule has 0 radical (unpaired) electrons. The van der Waals surface area contributed by atoms with E-state index in [2.05, 4.69) is 16.3 Å². The van der Waals surface area contributed by atoms with Crippen molar-refractivity contribution in [2.45, 2.75) is 57.9 Å². The third-order valence-electron chi connectivity index (χ3n) is 9.02. The number of alkyl halides is 3. The van der Waals surface area contributed by atoms with Crippen LogP contribution in [-0.4, -0.2) is 91.2 Å². The van der Waals surface area contributed by atoms with E-state index in [1.807, 2.05) is 30.8 Å². The van der Waals surface area contributed by atoms with Gasteiger partial charge >= 0.3 is 12.2 Å². The van der Waals surface area contributed by atoms with Crippen molar-refractivity contribution in [2.24, 2.45) is 5.41 Å². The number of halogens is 4. The van der Waals surface area contributed by atoms with Crippen LogP contribution >= 0.6 is 0 Å². The molecule has 2 aromatic rings. The summed E-state index contributed by atoms with van der Waals surface area (Å²) in [6, 6.07) is 3.65. The summed E-state index contributed by atoms with van der Waals surface area (Å²) in [5.41, 5.74) is 1.49. The van der Waals surface area contributed by atoms with E-state index in [4.69, 9.17) is 21.3 Å². The van der Waals surface area contributed by atoms with Crippen molar-refractivity contribution in [1.82, 2.24) is 19.8 Å². The molecule has 9 nitrogen and oxygen atoms in total. The van der Waals surface area contributed by atoms with Crippen molar-refractivity contribution >= 4 is 17.4 Å². The molecule has 0 spiro atoms. The zero-order valence-corrected chi connectivity index (χ0v) is 26.1. The number of amides is 1. The number of fused-ring (bicyclic) bond motifs is 1. The number of ether oxygens (including phenoxy) is 1. The van der Waals surface area contributed by atoms with Crippen LogP contribution in [0.2, 0.25) is 0 Å². The van der Waals surface area contributed by atoms with E-state index in [9.17, 15) is 22.4 Å². The Hall–Kier alpha value is -3.92. The minimum Gasteiger partial charge on any atom is -0.463 e. The first kappa shape index (κ1) is 32.5. The minimum atomic E-state index is -4.47. The SMILES string of the molecule is [C-]#[N+]C[C@H]1CN(c2nc(OCC3(CN(C)C)CC3)nc3c2CC(C)N(c2cccc(C(F)(F)F)c2C)C3)CCN1C(=O)C(=C)F. The van der Waals surface area contributed by atoms with Crippen LogP contribution in [-0.2, 0) is 23.9 Å². The summed E-state index contributed by atoms with van der Waals surface area (Å²) >= 11 is 0. The van der Waals surface area contributed by atoms with Gasteiger partial charge in [-0.1, -0.05) is 12.6 Å². The maximum atomic E-state index is 13.8. The Morgan fingerprint density at radius 2 is 1.98 bits per heavy atom. The normalized spacial score (nSPS) is 20.9. The molecule has 1 saturated carbocycles. The second kappa shape index (κ2) is 12.5. The highest BCUT2D eigenvalue weighted by Gasteiger charge is 2.44. The molecule has 2 atom stereocenters. The van der Waals surface area contributed by atoms with Crippen molar-refractivity contribution in [3.8, 4) is 6.01 Å². The molecule has 1 aromatic carbocycles. The molecule has 5 rings (SSSR count). The molecule has 1 unspecified atom stereocenters. The number of benzene rings is 1. The molecule has 2 aliphatic heterocycles. The molecule has 1 amide bonds. The summed E-state index contributed by atoms with van der Waals surface area (Å²) < 4.78 is 61.4. The molecule has 1 aromatic heterocycles. The molecule has 1 saturated heterocycles. The summed E-state index contributed by atoms with van der Waals surface area (Å²) in [5.74, 6) is -1.28. The number of carbonyl (C=O) groups excluding carboxylic acids is 1. The molecule has 13 heteroatoms. The summed E-state index contributed by atoms with van der Waals surface area (Å²) in [5, 5.41) is 0. The molecule has 242 valence electrons. The number of nitrogens with zero attached hydrogens (tertiary/aromatic N) is 7. The zero-order valence-electron chi connectivity index (χ0n) is 26.1.